The standard InChI is InChI=1S/C28H28N2O2S2/c1-4-19-10-12-20(13-11-19)23(31)16-33-28-29-26-25(22-7-5-6-8-24(22)34-26)27(32)30(28)21-14-9-17(2)18(3)15-21/h9-15H,4-8,16H2,1-3H3. The molecule has 0 radical (unpaired) electrons. The normalized spacial score (nSPS) is 13.3. The molecule has 0 atom stereocenters. The van der Waals surface area contributed by atoms with E-state index in [9.17, 15) is 9.59 Å². The fraction of sp³-hybridized carbons (Fsp3) is 0.321. The van der Waals surface area contributed by atoms with Gasteiger partial charge in [0.15, 0.2) is 10.9 Å². The monoisotopic (exact) mass is 488 g/mol. The Morgan fingerprint density at radius 2 is 1.82 bits per heavy atom. The summed E-state index contributed by atoms with van der Waals surface area (Å²) in [7, 11) is 0. The Kier molecular flexibility index (Phi) is 6.45. The lowest BCUT2D eigenvalue weighted by molar-refractivity contribution is 0.102. The van der Waals surface area contributed by atoms with Gasteiger partial charge in [0.25, 0.3) is 5.56 Å². The van der Waals surface area contributed by atoms with Gasteiger partial charge in [0.2, 0.25) is 0 Å². The largest absolute Gasteiger partial charge is 0.293 e. The molecule has 0 saturated carbocycles. The van der Waals surface area contributed by atoms with E-state index >= 15 is 0 Å². The average molecular weight is 489 g/mol. The number of fused-ring (bicyclic) bond motifs is 3. The van der Waals surface area contributed by atoms with Crippen molar-refractivity contribution in [2.75, 3.05) is 5.75 Å². The highest BCUT2D eigenvalue weighted by molar-refractivity contribution is 7.99. The van der Waals surface area contributed by atoms with E-state index in [0.717, 1.165) is 53.6 Å². The average Bonchev–Trinajstić information content (AvgIpc) is 3.23. The van der Waals surface area contributed by atoms with Gasteiger partial charge in [0, 0.05) is 10.4 Å². The van der Waals surface area contributed by atoms with Crippen LogP contribution in [0.1, 0.15) is 57.3 Å². The molecule has 5 rings (SSSR count). The van der Waals surface area contributed by atoms with Crippen molar-refractivity contribution in [3.8, 4) is 5.69 Å². The van der Waals surface area contributed by atoms with Crippen molar-refractivity contribution in [1.82, 2.24) is 9.55 Å². The third kappa shape index (κ3) is 4.25. The van der Waals surface area contributed by atoms with E-state index < -0.39 is 0 Å². The molecule has 0 aliphatic heterocycles. The van der Waals surface area contributed by atoms with Crippen LogP contribution in [0.5, 0.6) is 0 Å². The summed E-state index contributed by atoms with van der Waals surface area (Å²) in [5, 5.41) is 1.35. The Balaban J connectivity index is 1.58. The predicted molar refractivity (Wildman–Crippen MR) is 142 cm³/mol. The van der Waals surface area contributed by atoms with Crippen molar-refractivity contribution in [1.29, 1.82) is 0 Å². The molecule has 0 bridgehead atoms. The van der Waals surface area contributed by atoms with E-state index in [1.165, 1.54) is 33.3 Å². The van der Waals surface area contributed by atoms with Gasteiger partial charge in [-0.05, 0) is 80.3 Å². The highest BCUT2D eigenvalue weighted by atomic mass is 32.2. The van der Waals surface area contributed by atoms with Crippen molar-refractivity contribution in [3.05, 3.63) is 85.5 Å². The molecule has 4 aromatic rings. The second-order valence-electron chi connectivity index (χ2n) is 8.96. The van der Waals surface area contributed by atoms with E-state index in [4.69, 9.17) is 4.98 Å². The van der Waals surface area contributed by atoms with Gasteiger partial charge in [0.1, 0.15) is 4.83 Å². The maximum Gasteiger partial charge on any atom is 0.267 e. The SMILES string of the molecule is CCc1ccc(C(=O)CSc2nc3sc4c(c3c(=O)n2-c2ccc(C)c(C)c2)CCCC4)cc1. The Morgan fingerprint density at radius 3 is 2.56 bits per heavy atom. The Hall–Kier alpha value is -2.70. The molecule has 2 aromatic heterocycles. The number of carbonyl (C=O) groups is 1. The first-order valence-corrected chi connectivity index (χ1v) is 13.7. The first kappa shape index (κ1) is 23.1. The van der Waals surface area contributed by atoms with Crippen molar-refractivity contribution in [3.63, 3.8) is 0 Å². The summed E-state index contributed by atoms with van der Waals surface area (Å²) < 4.78 is 1.72. The van der Waals surface area contributed by atoms with Crippen LogP contribution in [0.4, 0.5) is 0 Å². The van der Waals surface area contributed by atoms with E-state index in [2.05, 4.69) is 20.8 Å². The van der Waals surface area contributed by atoms with Gasteiger partial charge in [-0.25, -0.2) is 4.98 Å². The van der Waals surface area contributed by atoms with Crippen molar-refractivity contribution < 1.29 is 4.79 Å². The number of ketones is 1. The smallest absolute Gasteiger partial charge is 0.267 e. The Bertz CT molecular complexity index is 1450. The number of thioether (sulfide) groups is 1. The lowest BCUT2D eigenvalue weighted by atomic mass is 9.97. The second kappa shape index (κ2) is 9.51. The van der Waals surface area contributed by atoms with Gasteiger partial charge >= 0.3 is 0 Å². The fourth-order valence-electron chi connectivity index (χ4n) is 4.52. The quantitative estimate of drug-likeness (QED) is 0.177. The number of carbonyl (C=O) groups excluding carboxylic acids is 1. The maximum atomic E-state index is 13.9. The molecule has 0 fully saturated rings. The zero-order valence-electron chi connectivity index (χ0n) is 19.8. The molecule has 34 heavy (non-hydrogen) atoms. The Labute approximate surface area is 208 Å². The van der Waals surface area contributed by atoms with Crippen LogP contribution < -0.4 is 5.56 Å². The van der Waals surface area contributed by atoms with Crippen molar-refractivity contribution in [2.45, 2.75) is 58.0 Å². The third-order valence-corrected chi connectivity index (χ3v) is 8.85. The highest BCUT2D eigenvalue weighted by Gasteiger charge is 2.23. The first-order valence-electron chi connectivity index (χ1n) is 11.9. The van der Waals surface area contributed by atoms with Crippen molar-refractivity contribution >= 4 is 39.1 Å². The molecule has 0 N–H and O–H groups in total. The summed E-state index contributed by atoms with van der Waals surface area (Å²) in [6, 6.07) is 13.8. The number of Topliss-reactive ketones (excluding diaryl/α,β-unsaturated/α-hetero) is 1. The number of nitrogens with zero attached hydrogens (tertiary/aromatic N) is 2. The van der Waals surface area contributed by atoms with Crippen LogP contribution in [0.2, 0.25) is 0 Å². The van der Waals surface area contributed by atoms with Crippen molar-refractivity contribution in [2.24, 2.45) is 0 Å². The summed E-state index contributed by atoms with van der Waals surface area (Å²) in [6.45, 7) is 6.22. The molecule has 1 aliphatic carbocycles. The number of rotatable bonds is 6. The summed E-state index contributed by atoms with van der Waals surface area (Å²) in [4.78, 5) is 33.9. The van der Waals surface area contributed by atoms with Crippen LogP contribution in [0, 0.1) is 13.8 Å². The van der Waals surface area contributed by atoms with Crippen LogP contribution >= 0.6 is 23.1 Å². The minimum atomic E-state index is -0.0186. The van der Waals surface area contributed by atoms with E-state index in [1.54, 1.807) is 15.9 Å². The van der Waals surface area contributed by atoms with Crippen LogP contribution in [0.3, 0.4) is 0 Å². The minimum absolute atomic E-state index is 0.0186. The summed E-state index contributed by atoms with van der Waals surface area (Å²) >= 11 is 3.00. The molecule has 6 heteroatoms. The van der Waals surface area contributed by atoms with Crippen LogP contribution in [0.15, 0.2) is 52.4 Å². The van der Waals surface area contributed by atoms with E-state index in [-0.39, 0.29) is 17.1 Å². The summed E-state index contributed by atoms with van der Waals surface area (Å²) in [5.74, 6) is 0.276. The second-order valence-corrected chi connectivity index (χ2v) is 11.0. The zero-order chi connectivity index (χ0) is 23.8. The number of hydrogen-bond donors (Lipinski definition) is 0. The molecule has 0 amide bonds. The predicted octanol–water partition coefficient (Wildman–Crippen LogP) is 6.48. The van der Waals surface area contributed by atoms with Crippen LogP contribution in [-0.2, 0) is 19.3 Å². The minimum Gasteiger partial charge on any atom is -0.293 e. The molecule has 0 unspecified atom stereocenters. The number of aromatic nitrogens is 2. The summed E-state index contributed by atoms with van der Waals surface area (Å²) in [5.41, 5.74) is 6.18. The number of hydrogen-bond acceptors (Lipinski definition) is 5. The van der Waals surface area contributed by atoms with Gasteiger partial charge < -0.3 is 0 Å². The topological polar surface area (TPSA) is 52.0 Å². The van der Waals surface area contributed by atoms with Crippen LogP contribution in [0.25, 0.3) is 15.9 Å². The lowest BCUT2D eigenvalue weighted by Crippen LogP contribution is -2.23. The van der Waals surface area contributed by atoms with Gasteiger partial charge in [-0.1, -0.05) is 49.0 Å². The Morgan fingerprint density at radius 1 is 1.06 bits per heavy atom. The molecule has 2 heterocycles. The number of benzene rings is 2. The van der Waals surface area contributed by atoms with Gasteiger partial charge in [-0.3, -0.25) is 14.2 Å². The number of aryl methyl sites for hydroxylation is 5. The molecule has 174 valence electrons. The van der Waals surface area contributed by atoms with E-state index in [0.29, 0.717) is 10.7 Å². The molecular formula is C28H28N2O2S2. The van der Waals surface area contributed by atoms with Crippen LogP contribution in [-0.4, -0.2) is 21.1 Å². The zero-order valence-corrected chi connectivity index (χ0v) is 21.4. The third-order valence-electron chi connectivity index (χ3n) is 6.72. The fourth-order valence-corrected chi connectivity index (χ4v) is 6.72. The molecule has 2 aromatic carbocycles. The van der Waals surface area contributed by atoms with Gasteiger partial charge in [-0.2, -0.15) is 0 Å². The number of thiophene rings is 1. The highest BCUT2D eigenvalue weighted by Crippen LogP contribution is 2.35. The van der Waals surface area contributed by atoms with Gasteiger partial charge in [-0.15, -0.1) is 11.3 Å². The van der Waals surface area contributed by atoms with Gasteiger partial charge in [0.05, 0.1) is 16.8 Å². The molecule has 4 nitrogen and oxygen atoms in total. The van der Waals surface area contributed by atoms with E-state index in [1.807, 2.05) is 42.5 Å². The lowest BCUT2D eigenvalue weighted by Gasteiger charge is -2.14. The summed E-state index contributed by atoms with van der Waals surface area (Å²) in [6.07, 6.45) is 5.19. The molecule has 0 spiro atoms. The molecule has 0 saturated heterocycles. The maximum absolute atomic E-state index is 13.9. The first-order chi connectivity index (χ1) is 16.5. The molecule has 1 aliphatic rings. The molecular weight excluding hydrogens is 460 g/mol.